The number of aliphatic hydroxyl groups is 1. The summed E-state index contributed by atoms with van der Waals surface area (Å²) in [5.74, 6) is -0.909. The number of rotatable bonds is 6. The molecule has 1 amide bonds. The molecule has 2 aromatic rings. The second kappa shape index (κ2) is 8.19. The molecule has 0 unspecified atom stereocenters. The van der Waals surface area contributed by atoms with Crippen LogP contribution in [0.2, 0.25) is 0 Å². The van der Waals surface area contributed by atoms with Gasteiger partial charge >= 0.3 is 12.1 Å². The molecule has 0 atom stereocenters. The molecule has 0 fully saturated rings. The van der Waals surface area contributed by atoms with E-state index in [0.717, 1.165) is 19.2 Å². The summed E-state index contributed by atoms with van der Waals surface area (Å²) in [6.07, 6.45) is -1.56. The summed E-state index contributed by atoms with van der Waals surface area (Å²) in [4.78, 5) is 30.1. The number of aromatic nitrogens is 2. The average Bonchev–Trinajstić information content (AvgIpc) is 3.25. The van der Waals surface area contributed by atoms with E-state index in [1.165, 1.54) is 17.2 Å². The van der Waals surface area contributed by atoms with Gasteiger partial charge in [-0.3, -0.25) is 4.79 Å². The first kappa shape index (κ1) is 21.4. The van der Waals surface area contributed by atoms with Crippen molar-refractivity contribution >= 4 is 17.6 Å². The van der Waals surface area contributed by atoms with E-state index >= 15 is 0 Å². The number of nitrogens with one attached hydrogen (secondary N) is 1. The molecule has 160 valence electrons. The molecular formula is C19H19F3N4O4. The van der Waals surface area contributed by atoms with Gasteiger partial charge < -0.3 is 24.6 Å². The number of esters is 1. The second-order valence-electron chi connectivity index (χ2n) is 6.49. The molecular weight excluding hydrogens is 405 g/mol. The maximum absolute atomic E-state index is 13.3. The zero-order chi connectivity index (χ0) is 22.1. The highest BCUT2D eigenvalue weighted by atomic mass is 19.4. The SMILES string of the molecule is COC(=O)C1=C(Nc2cc(C(F)(F)F)ccc2-n2ccnc2C)C(=O)N(CCO)C1. The first-order valence-electron chi connectivity index (χ1n) is 8.87. The number of imidazole rings is 1. The predicted octanol–water partition coefficient (Wildman–Crippen LogP) is 1.87. The van der Waals surface area contributed by atoms with Gasteiger partial charge in [0.25, 0.3) is 5.91 Å². The van der Waals surface area contributed by atoms with E-state index in [2.05, 4.69) is 10.3 Å². The normalized spacial score (nSPS) is 14.5. The predicted molar refractivity (Wildman–Crippen MR) is 99.6 cm³/mol. The van der Waals surface area contributed by atoms with Crippen LogP contribution in [0.4, 0.5) is 18.9 Å². The molecule has 3 rings (SSSR count). The minimum Gasteiger partial charge on any atom is -0.466 e. The lowest BCUT2D eigenvalue weighted by Gasteiger charge is -2.18. The molecule has 0 saturated heterocycles. The summed E-state index contributed by atoms with van der Waals surface area (Å²) < 4.78 is 46.1. The van der Waals surface area contributed by atoms with Crippen LogP contribution in [-0.2, 0) is 20.5 Å². The largest absolute Gasteiger partial charge is 0.466 e. The highest BCUT2D eigenvalue weighted by Gasteiger charge is 2.36. The Bertz CT molecular complexity index is 1010. The maximum atomic E-state index is 13.3. The van der Waals surface area contributed by atoms with E-state index in [4.69, 9.17) is 9.84 Å². The number of aryl methyl sites for hydroxylation is 1. The third-order valence-corrected chi connectivity index (χ3v) is 4.62. The molecule has 0 spiro atoms. The van der Waals surface area contributed by atoms with E-state index in [9.17, 15) is 22.8 Å². The molecule has 0 saturated carbocycles. The Hall–Kier alpha value is -3.34. The van der Waals surface area contributed by atoms with Crippen molar-refractivity contribution in [2.75, 3.05) is 32.1 Å². The number of hydrogen-bond acceptors (Lipinski definition) is 6. The standard InChI is InChI=1S/C19H19F3N4O4/c1-11-23-5-6-26(11)15-4-3-12(19(20,21)22)9-14(15)24-16-13(18(29)30-2)10-25(7-8-27)17(16)28/h3-6,9,24,27H,7-8,10H2,1-2H3. The minimum atomic E-state index is -4.61. The molecule has 30 heavy (non-hydrogen) atoms. The van der Waals surface area contributed by atoms with Crippen LogP contribution in [0.25, 0.3) is 5.69 Å². The van der Waals surface area contributed by atoms with Crippen molar-refractivity contribution in [1.29, 1.82) is 0 Å². The van der Waals surface area contributed by atoms with Crippen molar-refractivity contribution < 1.29 is 32.6 Å². The quantitative estimate of drug-likeness (QED) is 0.688. The zero-order valence-electron chi connectivity index (χ0n) is 16.2. The van der Waals surface area contributed by atoms with Crippen molar-refractivity contribution in [3.8, 4) is 5.69 Å². The number of halogens is 3. The van der Waals surface area contributed by atoms with Gasteiger partial charge in [-0.25, -0.2) is 9.78 Å². The number of anilines is 1. The maximum Gasteiger partial charge on any atom is 0.416 e. The third kappa shape index (κ3) is 4.01. The van der Waals surface area contributed by atoms with Gasteiger partial charge in [-0.1, -0.05) is 0 Å². The highest BCUT2D eigenvalue weighted by Crippen LogP contribution is 2.35. The highest BCUT2D eigenvalue weighted by molar-refractivity contribution is 6.08. The number of nitrogens with zero attached hydrogens (tertiary/aromatic N) is 3. The lowest BCUT2D eigenvalue weighted by atomic mass is 10.1. The number of aliphatic hydroxyl groups excluding tert-OH is 1. The van der Waals surface area contributed by atoms with Crippen LogP contribution in [0.5, 0.6) is 0 Å². The Morgan fingerprint density at radius 2 is 2.10 bits per heavy atom. The number of benzene rings is 1. The van der Waals surface area contributed by atoms with Crippen LogP contribution in [-0.4, -0.2) is 58.2 Å². The van der Waals surface area contributed by atoms with Crippen LogP contribution in [0.1, 0.15) is 11.4 Å². The Labute approximate surface area is 169 Å². The molecule has 2 heterocycles. The number of carbonyl (C=O) groups is 2. The Kier molecular flexibility index (Phi) is 5.83. The van der Waals surface area contributed by atoms with Crippen LogP contribution < -0.4 is 5.32 Å². The Balaban J connectivity index is 2.12. The molecule has 0 bridgehead atoms. The number of β-amino-alcohol motifs (C(OH)–C–C–N with tert-alkyl or cyclic N) is 1. The molecule has 0 radical (unpaired) electrons. The molecule has 1 aliphatic rings. The van der Waals surface area contributed by atoms with Gasteiger partial charge in [0.15, 0.2) is 0 Å². The number of methoxy groups -OCH3 is 1. The van der Waals surface area contributed by atoms with Crippen LogP contribution in [0.3, 0.4) is 0 Å². The minimum absolute atomic E-state index is 0.0401. The third-order valence-electron chi connectivity index (χ3n) is 4.62. The van der Waals surface area contributed by atoms with Crippen LogP contribution in [0.15, 0.2) is 41.9 Å². The van der Waals surface area contributed by atoms with Gasteiger partial charge in [0, 0.05) is 18.9 Å². The zero-order valence-corrected chi connectivity index (χ0v) is 16.2. The van der Waals surface area contributed by atoms with Gasteiger partial charge in [-0.05, 0) is 25.1 Å². The van der Waals surface area contributed by atoms with E-state index < -0.39 is 23.6 Å². The molecule has 0 aliphatic carbocycles. The van der Waals surface area contributed by atoms with Gasteiger partial charge in [0.05, 0.1) is 42.8 Å². The van der Waals surface area contributed by atoms with Gasteiger partial charge in [0.2, 0.25) is 0 Å². The Morgan fingerprint density at radius 3 is 2.67 bits per heavy atom. The lowest BCUT2D eigenvalue weighted by molar-refractivity contribution is -0.138. The summed E-state index contributed by atoms with van der Waals surface area (Å²) in [5, 5.41) is 11.8. The molecule has 1 aliphatic heterocycles. The van der Waals surface area contributed by atoms with Crippen molar-refractivity contribution in [1.82, 2.24) is 14.5 Å². The second-order valence-corrected chi connectivity index (χ2v) is 6.49. The fourth-order valence-electron chi connectivity index (χ4n) is 3.14. The Morgan fingerprint density at radius 1 is 1.37 bits per heavy atom. The van der Waals surface area contributed by atoms with Gasteiger partial charge in [-0.2, -0.15) is 13.2 Å². The van der Waals surface area contributed by atoms with Gasteiger partial charge in [-0.15, -0.1) is 0 Å². The summed E-state index contributed by atoms with van der Waals surface area (Å²) >= 11 is 0. The first-order valence-corrected chi connectivity index (χ1v) is 8.87. The number of carbonyl (C=O) groups excluding carboxylic acids is 2. The molecule has 11 heteroatoms. The number of alkyl halides is 3. The molecule has 8 nitrogen and oxygen atoms in total. The summed E-state index contributed by atoms with van der Waals surface area (Å²) in [5.41, 5.74) is -0.899. The van der Waals surface area contributed by atoms with Crippen molar-refractivity contribution in [2.24, 2.45) is 0 Å². The van der Waals surface area contributed by atoms with E-state index in [1.54, 1.807) is 17.7 Å². The smallest absolute Gasteiger partial charge is 0.416 e. The molecule has 1 aromatic heterocycles. The van der Waals surface area contributed by atoms with E-state index in [1.807, 2.05) is 0 Å². The number of amides is 1. The lowest BCUT2D eigenvalue weighted by Crippen LogP contribution is -2.31. The number of ether oxygens (including phenoxy) is 1. The fourth-order valence-corrected chi connectivity index (χ4v) is 3.14. The summed E-state index contributed by atoms with van der Waals surface area (Å²) in [7, 11) is 1.14. The fraction of sp³-hybridized carbons (Fsp3) is 0.316. The average molecular weight is 424 g/mol. The van der Waals surface area contributed by atoms with Gasteiger partial charge in [0.1, 0.15) is 11.5 Å². The monoisotopic (exact) mass is 424 g/mol. The van der Waals surface area contributed by atoms with Crippen LogP contribution in [0, 0.1) is 6.92 Å². The van der Waals surface area contributed by atoms with Crippen LogP contribution >= 0.6 is 0 Å². The first-order chi connectivity index (χ1) is 14.2. The van der Waals surface area contributed by atoms with Crippen molar-refractivity contribution in [2.45, 2.75) is 13.1 Å². The topological polar surface area (TPSA) is 96.7 Å². The van der Waals surface area contributed by atoms with E-state index in [0.29, 0.717) is 11.5 Å². The number of hydrogen-bond donors (Lipinski definition) is 2. The van der Waals surface area contributed by atoms with E-state index in [-0.39, 0.29) is 36.7 Å². The molecule has 1 aromatic carbocycles. The van der Waals surface area contributed by atoms with Crippen molar-refractivity contribution in [3.05, 3.63) is 53.3 Å². The van der Waals surface area contributed by atoms with Crippen molar-refractivity contribution in [3.63, 3.8) is 0 Å². The summed E-state index contributed by atoms with van der Waals surface area (Å²) in [6, 6.07) is 3.03. The molecule has 2 N–H and O–H groups in total. The summed E-state index contributed by atoms with van der Waals surface area (Å²) in [6.45, 7) is 1.16.